The number of hydrogen-bond acceptors (Lipinski definition) is 3. The number of amides is 2. The summed E-state index contributed by atoms with van der Waals surface area (Å²) in [5, 5.41) is 5.50. The average molecular weight is 256 g/mol. The molecular weight excluding hydrogens is 242 g/mol. The van der Waals surface area contributed by atoms with E-state index in [1.807, 2.05) is 0 Å². The van der Waals surface area contributed by atoms with E-state index in [2.05, 4.69) is 10.6 Å². The third kappa shape index (κ3) is 3.96. The number of hydrogen-bond donors (Lipinski definition) is 3. The molecule has 17 heavy (non-hydrogen) atoms. The van der Waals surface area contributed by atoms with Crippen LogP contribution in [0.25, 0.3) is 0 Å². The van der Waals surface area contributed by atoms with Crippen LogP contribution in [0.1, 0.15) is 16.8 Å². The molecule has 4 N–H and O–H groups in total. The molecule has 0 heterocycles. The van der Waals surface area contributed by atoms with Gasteiger partial charge < -0.3 is 16.4 Å². The van der Waals surface area contributed by atoms with Crippen LogP contribution in [0.15, 0.2) is 18.2 Å². The Morgan fingerprint density at radius 1 is 1.41 bits per heavy atom. The molecule has 0 atom stereocenters. The lowest BCUT2D eigenvalue weighted by molar-refractivity contribution is -0.120. The van der Waals surface area contributed by atoms with Crippen LogP contribution >= 0.6 is 11.6 Å². The van der Waals surface area contributed by atoms with Crippen LogP contribution in [-0.4, -0.2) is 25.4 Å². The van der Waals surface area contributed by atoms with Crippen molar-refractivity contribution in [3.8, 4) is 0 Å². The lowest BCUT2D eigenvalue weighted by Gasteiger charge is -2.07. The maximum absolute atomic E-state index is 11.7. The number of carbonyl (C=O) groups is 2. The van der Waals surface area contributed by atoms with Gasteiger partial charge in [0.2, 0.25) is 5.91 Å². The molecule has 0 aliphatic carbocycles. The van der Waals surface area contributed by atoms with Crippen molar-refractivity contribution in [1.82, 2.24) is 10.6 Å². The van der Waals surface area contributed by atoms with Crippen LogP contribution in [-0.2, 0) is 4.79 Å². The van der Waals surface area contributed by atoms with Crippen molar-refractivity contribution >= 4 is 29.1 Å². The highest BCUT2D eigenvalue weighted by molar-refractivity contribution is 6.31. The van der Waals surface area contributed by atoms with E-state index >= 15 is 0 Å². The minimum atomic E-state index is -0.339. The highest BCUT2D eigenvalue weighted by Crippen LogP contribution is 2.17. The lowest BCUT2D eigenvalue weighted by atomic mass is 10.1. The molecule has 0 bridgehead atoms. The van der Waals surface area contributed by atoms with Gasteiger partial charge in [0.05, 0.1) is 5.56 Å². The van der Waals surface area contributed by atoms with Gasteiger partial charge in [0, 0.05) is 30.7 Å². The number of carbonyl (C=O) groups excluding carboxylic acids is 2. The predicted molar refractivity (Wildman–Crippen MR) is 66.9 cm³/mol. The van der Waals surface area contributed by atoms with Gasteiger partial charge >= 0.3 is 0 Å². The zero-order valence-electron chi connectivity index (χ0n) is 9.42. The van der Waals surface area contributed by atoms with E-state index in [4.69, 9.17) is 17.3 Å². The molecule has 2 amide bonds. The monoisotopic (exact) mass is 255 g/mol. The molecule has 1 aromatic rings. The minimum absolute atomic E-state index is 0.135. The van der Waals surface area contributed by atoms with Crippen LogP contribution in [0.2, 0.25) is 5.02 Å². The Balaban J connectivity index is 2.58. The molecule has 5 nitrogen and oxygen atoms in total. The summed E-state index contributed by atoms with van der Waals surface area (Å²) in [6.45, 7) is 0.254. The number of benzene rings is 1. The third-order valence-corrected chi connectivity index (χ3v) is 2.41. The molecule has 0 aromatic heterocycles. The average Bonchev–Trinajstić information content (AvgIpc) is 2.31. The first-order valence-corrected chi connectivity index (χ1v) is 5.46. The van der Waals surface area contributed by atoms with Gasteiger partial charge in [-0.15, -0.1) is 0 Å². The van der Waals surface area contributed by atoms with Crippen molar-refractivity contribution in [3.05, 3.63) is 28.8 Å². The summed E-state index contributed by atoms with van der Waals surface area (Å²) in [6, 6.07) is 4.67. The largest absolute Gasteiger partial charge is 0.398 e. The van der Waals surface area contributed by atoms with E-state index in [-0.39, 0.29) is 24.8 Å². The fourth-order valence-corrected chi connectivity index (χ4v) is 1.41. The summed E-state index contributed by atoms with van der Waals surface area (Å²) in [6.07, 6.45) is 0.225. The summed E-state index contributed by atoms with van der Waals surface area (Å²) in [4.78, 5) is 22.6. The fraction of sp³-hybridized carbons (Fsp3) is 0.273. The maximum atomic E-state index is 11.7. The van der Waals surface area contributed by atoms with E-state index in [9.17, 15) is 9.59 Å². The number of rotatable bonds is 4. The summed E-state index contributed by atoms with van der Waals surface area (Å²) in [7, 11) is 1.54. The molecule has 92 valence electrons. The molecule has 0 saturated heterocycles. The first-order chi connectivity index (χ1) is 8.04. The van der Waals surface area contributed by atoms with Crippen LogP contribution in [0.5, 0.6) is 0 Å². The lowest BCUT2D eigenvalue weighted by Crippen LogP contribution is -2.29. The van der Waals surface area contributed by atoms with Crippen LogP contribution in [0, 0.1) is 0 Å². The first-order valence-electron chi connectivity index (χ1n) is 5.08. The highest BCUT2D eigenvalue weighted by Gasteiger charge is 2.10. The fourth-order valence-electron chi connectivity index (χ4n) is 1.23. The van der Waals surface area contributed by atoms with Crippen molar-refractivity contribution < 1.29 is 9.59 Å². The quantitative estimate of drug-likeness (QED) is 0.696. The molecular formula is C11H14ClN3O2. The number of nitrogen functional groups attached to an aromatic ring is 1. The van der Waals surface area contributed by atoms with Gasteiger partial charge in [0.1, 0.15) is 0 Å². The summed E-state index contributed by atoms with van der Waals surface area (Å²) in [5.74, 6) is -0.474. The molecule has 0 radical (unpaired) electrons. The first kappa shape index (κ1) is 13.3. The summed E-state index contributed by atoms with van der Waals surface area (Å²) >= 11 is 5.77. The Labute approximate surface area is 104 Å². The number of anilines is 1. The maximum Gasteiger partial charge on any atom is 0.253 e. The highest BCUT2D eigenvalue weighted by atomic mass is 35.5. The molecule has 1 aromatic carbocycles. The second-order valence-electron chi connectivity index (χ2n) is 3.41. The molecule has 0 spiro atoms. The molecule has 1 rings (SSSR count). The molecule has 0 aliphatic heterocycles. The van der Waals surface area contributed by atoms with Gasteiger partial charge in [-0.05, 0) is 18.2 Å². The second-order valence-corrected chi connectivity index (χ2v) is 3.85. The zero-order valence-corrected chi connectivity index (χ0v) is 10.2. The Morgan fingerprint density at radius 3 is 2.76 bits per heavy atom. The molecule has 0 fully saturated rings. The predicted octanol–water partition coefficient (Wildman–Crippen LogP) is 0.788. The van der Waals surface area contributed by atoms with Gasteiger partial charge in [0.15, 0.2) is 0 Å². The summed E-state index contributed by atoms with van der Waals surface area (Å²) in [5.41, 5.74) is 6.32. The van der Waals surface area contributed by atoms with E-state index in [1.165, 1.54) is 6.07 Å². The van der Waals surface area contributed by atoms with Gasteiger partial charge in [-0.2, -0.15) is 0 Å². The van der Waals surface area contributed by atoms with Crippen molar-refractivity contribution in [3.63, 3.8) is 0 Å². The Kier molecular flexibility index (Phi) is 4.78. The van der Waals surface area contributed by atoms with E-state index < -0.39 is 0 Å². The Bertz CT molecular complexity index is 435. The zero-order chi connectivity index (χ0) is 12.8. The van der Waals surface area contributed by atoms with Crippen molar-refractivity contribution in [2.75, 3.05) is 19.3 Å². The van der Waals surface area contributed by atoms with Gasteiger partial charge in [0.25, 0.3) is 5.91 Å². The van der Waals surface area contributed by atoms with E-state index in [0.29, 0.717) is 16.3 Å². The standard InChI is InChI=1S/C11H14ClN3O2/c1-14-10(16)4-5-15-11(17)8-6-7(12)2-3-9(8)13/h2-3,6H,4-5,13H2,1H3,(H,14,16)(H,15,17). The molecule has 0 unspecified atom stereocenters. The SMILES string of the molecule is CNC(=O)CCNC(=O)c1cc(Cl)ccc1N. The third-order valence-electron chi connectivity index (χ3n) is 2.18. The van der Waals surface area contributed by atoms with E-state index in [0.717, 1.165) is 0 Å². The Morgan fingerprint density at radius 2 is 2.12 bits per heavy atom. The van der Waals surface area contributed by atoms with Gasteiger partial charge in [-0.3, -0.25) is 9.59 Å². The molecule has 0 saturated carbocycles. The van der Waals surface area contributed by atoms with Crippen molar-refractivity contribution in [2.24, 2.45) is 0 Å². The summed E-state index contributed by atoms with van der Waals surface area (Å²) < 4.78 is 0. The van der Waals surface area contributed by atoms with E-state index in [1.54, 1.807) is 19.2 Å². The second kappa shape index (κ2) is 6.10. The number of nitrogens with one attached hydrogen (secondary N) is 2. The molecule has 6 heteroatoms. The van der Waals surface area contributed by atoms with Gasteiger partial charge in [-0.25, -0.2) is 0 Å². The van der Waals surface area contributed by atoms with Crippen LogP contribution in [0.3, 0.4) is 0 Å². The number of nitrogens with two attached hydrogens (primary N) is 1. The van der Waals surface area contributed by atoms with Crippen LogP contribution in [0.4, 0.5) is 5.69 Å². The smallest absolute Gasteiger partial charge is 0.253 e. The van der Waals surface area contributed by atoms with Crippen molar-refractivity contribution in [2.45, 2.75) is 6.42 Å². The van der Waals surface area contributed by atoms with Gasteiger partial charge in [-0.1, -0.05) is 11.6 Å². The van der Waals surface area contributed by atoms with Crippen molar-refractivity contribution in [1.29, 1.82) is 0 Å². The minimum Gasteiger partial charge on any atom is -0.398 e. The van der Waals surface area contributed by atoms with Crippen LogP contribution < -0.4 is 16.4 Å². The topological polar surface area (TPSA) is 84.2 Å². The normalized spacial score (nSPS) is 9.76. The molecule has 0 aliphatic rings. The Hall–Kier alpha value is -1.75. The number of halogens is 1.